The molecule has 0 spiro atoms. The Morgan fingerprint density at radius 1 is 1.22 bits per heavy atom. The molecule has 2 rings (SSSR count). The van der Waals surface area contributed by atoms with E-state index < -0.39 is 0 Å². The third-order valence-corrected chi connectivity index (χ3v) is 3.11. The smallest absolute Gasteiger partial charge is 0.256 e. The second-order valence-electron chi connectivity index (χ2n) is 3.95. The largest absolute Gasteiger partial charge is 0.322 e. The van der Waals surface area contributed by atoms with Crippen LogP contribution in [0.1, 0.15) is 15.9 Å². The fourth-order valence-electron chi connectivity index (χ4n) is 1.57. The fourth-order valence-corrected chi connectivity index (χ4v) is 2.24. The van der Waals surface area contributed by atoms with Crippen molar-refractivity contribution in [2.24, 2.45) is 0 Å². The van der Waals surface area contributed by atoms with Crippen LogP contribution in [-0.4, -0.2) is 5.91 Å². The highest BCUT2D eigenvalue weighted by atomic mass is 79.9. The molecule has 0 saturated carbocycles. The number of nitrogens with one attached hydrogen (secondary N) is 1. The van der Waals surface area contributed by atoms with Crippen LogP contribution in [0, 0.1) is 12.7 Å². The number of rotatable bonds is 2. The molecule has 2 nitrogen and oxygen atoms in total. The van der Waals surface area contributed by atoms with Gasteiger partial charge in [0.1, 0.15) is 5.82 Å². The first kappa shape index (κ1) is 12.8. The topological polar surface area (TPSA) is 29.1 Å². The van der Waals surface area contributed by atoms with Gasteiger partial charge in [-0.3, -0.25) is 4.79 Å². The molecule has 4 heteroatoms. The molecule has 0 aliphatic heterocycles. The van der Waals surface area contributed by atoms with Gasteiger partial charge in [-0.25, -0.2) is 4.39 Å². The van der Waals surface area contributed by atoms with Crippen LogP contribution in [0.5, 0.6) is 0 Å². The van der Waals surface area contributed by atoms with Crippen LogP contribution in [0.25, 0.3) is 0 Å². The van der Waals surface area contributed by atoms with Gasteiger partial charge in [0.15, 0.2) is 0 Å². The van der Waals surface area contributed by atoms with Gasteiger partial charge in [-0.15, -0.1) is 0 Å². The van der Waals surface area contributed by atoms with E-state index in [0.29, 0.717) is 11.3 Å². The molecule has 2 aromatic carbocycles. The van der Waals surface area contributed by atoms with Crippen LogP contribution < -0.4 is 5.32 Å². The quantitative estimate of drug-likeness (QED) is 0.887. The number of hydrogen-bond donors (Lipinski definition) is 1. The first-order chi connectivity index (χ1) is 8.56. The van der Waals surface area contributed by atoms with E-state index in [0.717, 1.165) is 10.0 Å². The van der Waals surface area contributed by atoms with E-state index in [1.807, 2.05) is 19.1 Å². The molecule has 0 aliphatic carbocycles. The Labute approximate surface area is 113 Å². The highest BCUT2D eigenvalue weighted by molar-refractivity contribution is 9.10. The summed E-state index contributed by atoms with van der Waals surface area (Å²) >= 11 is 3.34. The van der Waals surface area contributed by atoms with Crippen molar-refractivity contribution in [2.45, 2.75) is 6.92 Å². The standard InChI is InChI=1S/C14H11BrFNO/c1-9-5-6-12(13(15)7-9)14(18)17-11-4-2-3-10(16)8-11/h2-8H,1H3,(H,17,18). The van der Waals surface area contributed by atoms with Gasteiger partial charge in [0.05, 0.1) is 5.56 Å². The lowest BCUT2D eigenvalue weighted by Gasteiger charge is -2.07. The van der Waals surface area contributed by atoms with Crippen LogP contribution in [-0.2, 0) is 0 Å². The Bertz CT molecular complexity index is 598. The maximum absolute atomic E-state index is 13.0. The SMILES string of the molecule is Cc1ccc(C(=O)Nc2cccc(F)c2)c(Br)c1. The zero-order valence-corrected chi connectivity index (χ0v) is 11.3. The van der Waals surface area contributed by atoms with Crippen molar-refractivity contribution < 1.29 is 9.18 Å². The molecule has 0 radical (unpaired) electrons. The maximum Gasteiger partial charge on any atom is 0.256 e. The van der Waals surface area contributed by atoms with Gasteiger partial charge in [-0.1, -0.05) is 12.1 Å². The number of hydrogen-bond acceptors (Lipinski definition) is 1. The monoisotopic (exact) mass is 307 g/mol. The van der Waals surface area contributed by atoms with Crippen LogP contribution in [0.3, 0.4) is 0 Å². The van der Waals surface area contributed by atoms with Gasteiger partial charge in [-0.05, 0) is 58.7 Å². The van der Waals surface area contributed by atoms with Crippen molar-refractivity contribution in [3.8, 4) is 0 Å². The predicted molar refractivity (Wildman–Crippen MR) is 73.2 cm³/mol. The average molecular weight is 308 g/mol. The Hall–Kier alpha value is -1.68. The summed E-state index contributed by atoms with van der Waals surface area (Å²) in [6.07, 6.45) is 0. The van der Waals surface area contributed by atoms with Gasteiger partial charge in [0.25, 0.3) is 5.91 Å². The van der Waals surface area contributed by atoms with Gasteiger partial charge in [0.2, 0.25) is 0 Å². The highest BCUT2D eigenvalue weighted by Crippen LogP contribution is 2.20. The van der Waals surface area contributed by atoms with Crippen molar-refractivity contribution in [2.75, 3.05) is 5.32 Å². The molecule has 1 N–H and O–H groups in total. The minimum Gasteiger partial charge on any atom is -0.322 e. The second kappa shape index (κ2) is 5.31. The summed E-state index contributed by atoms with van der Waals surface area (Å²) in [6.45, 7) is 1.94. The third kappa shape index (κ3) is 2.96. The lowest BCUT2D eigenvalue weighted by molar-refractivity contribution is 0.102. The number of benzene rings is 2. The number of amides is 1. The highest BCUT2D eigenvalue weighted by Gasteiger charge is 2.10. The molecule has 0 saturated heterocycles. The molecule has 18 heavy (non-hydrogen) atoms. The van der Waals surface area contributed by atoms with E-state index in [-0.39, 0.29) is 11.7 Å². The van der Waals surface area contributed by atoms with E-state index >= 15 is 0 Å². The van der Waals surface area contributed by atoms with Crippen LogP contribution >= 0.6 is 15.9 Å². The molecule has 0 unspecified atom stereocenters. The van der Waals surface area contributed by atoms with Gasteiger partial charge >= 0.3 is 0 Å². The molecule has 0 atom stereocenters. The van der Waals surface area contributed by atoms with Crippen LogP contribution in [0.4, 0.5) is 10.1 Å². The van der Waals surface area contributed by atoms with Gasteiger partial charge < -0.3 is 5.32 Å². The van der Waals surface area contributed by atoms with E-state index in [1.54, 1.807) is 18.2 Å². The van der Waals surface area contributed by atoms with Gasteiger partial charge in [0, 0.05) is 10.2 Å². The van der Waals surface area contributed by atoms with Crippen LogP contribution in [0.15, 0.2) is 46.9 Å². The Morgan fingerprint density at radius 3 is 2.67 bits per heavy atom. The third-order valence-electron chi connectivity index (χ3n) is 2.45. The number of aryl methyl sites for hydroxylation is 1. The summed E-state index contributed by atoms with van der Waals surface area (Å²) in [6, 6.07) is 11.2. The zero-order chi connectivity index (χ0) is 13.1. The summed E-state index contributed by atoms with van der Waals surface area (Å²) in [5.74, 6) is -0.650. The summed E-state index contributed by atoms with van der Waals surface area (Å²) in [4.78, 5) is 12.0. The Kier molecular flexibility index (Phi) is 3.77. The second-order valence-corrected chi connectivity index (χ2v) is 4.80. The molecular weight excluding hydrogens is 297 g/mol. The molecule has 0 bridgehead atoms. The normalized spacial score (nSPS) is 10.2. The molecule has 0 aromatic heterocycles. The Balaban J connectivity index is 2.22. The van der Waals surface area contributed by atoms with E-state index in [4.69, 9.17) is 0 Å². The lowest BCUT2D eigenvalue weighted by atomic mass is 10.1. The molecule has 92 valence electrons. The molecule has 2 aromatic rings. The Morgan fingerprint density at radius 2 is 2.00 bits per heavy atom. The van der Waals surface area contributed by atoms with Crippen molar-refractivity contribution in [1.82, 2.24) is 0 Å². The van der Waals surface area contributed by atoms with Crippen molar-refractivity contribution in [1.29, 1.82) is 0 Å². The average Bonchev–Trinajstić information content (AvgIpc) is 2.28. The first-order valence-corrected chi connectivity index (χ1v) is 6.18. The van der Waals surface area contributed by atoms with Crippen molar-refractivity contribution in [3.05, 3.63) is 63.9 Å². The lowest BCUT2D eigenvalue weighted by Crippen LogP contribution is -2.12. The summed E-state index contributed by atoms with van der Waals surface area (Å²) < 4.78 is 13.7. The summed E-state index contributed by atoms with van der Waals surface area (Å²) in [5, 5.41) is 2.65. The maximum atomic E-state index is 13.0. The molecule has 0 aliphatic rings. The molecule has 0 heterocycles. The first-order valence-electron chi connectivity index (χ1n) is 5.39. The number of carbonyl (C=O) groups excluding carboxylic acids is 1. The van der Waals surface area contributed by atoms with Crippen molar-refractivity contribution >= 4 is 27.5 Å². The zero-order valence-electron chi connectivity index (χ0n) is 9.71. The molecule has 0 fully saturated rings. The minimum absolute atomic E-state index is 0.271. The number of carbonyl (C=O) groups is 1. The van der Waals surface area contributed by atoms with E-state index in [2.05, 4.69) is 21.2 Å². The number of anilines is 1. The summed E-state index contributed by atoms with van der Waals surface area (Å²) in [7, 11) is 0. The molecule has 1 amide bonds. The molecular formula is C14H11BrFNO. The summed E-state index contributed by atoms with van der Waals surface area (Å²) in [5.41, 5.74) is 2.02. The fraction of sp³-hybridized carbons (Fsp3) is 0.0714. The minimum atomic E-state index is -0.379. The number of halogens is 2. The van der Waals surface area contributed by atoms with Gasteiger partial charge in [-0.2, -0.15) is 0 Å². The van der Waals surface area contributed by atoms with Crippen molar-refractivity contribution in [3.63, 3.8) is 0 Å². The van der Waals surface area contributed by atoms with E-state index in [1.165, 1.54) is 12.1 Å². The van der Waals surface area contributed by atoms with E-state index in [9.17, 15) is 9.18 Å². The predicted octanol–water partition coefficient (Wildman–Crippen LogP) is 4.15. The van der Waals surface area contributed by atoms with Crippen LogP contribution in [0.2, 0.25) is 0 Å².